The van der Waals surface area contributed by atoms with Gasteiger partial charge in [-0.05, 0) is 12.8 Å². The van der Waals surface area contributed by atoms with Crippen LogP contribution in [0.1, 0.15) is 33.1 Å². The van der Waals surface area contributed by atoms with Gasteiger partial charge in [-0.3, -0.25) is 4.79 Å². The van der Waals surface area contributed by atoms with Crippen LogP contribution in [0.4, 0.5) is 0 Å². The lowest BCUT2D eigenvalue weighted by atomic mass is 10.2. The minimum atomic E-state index is 0.0758. The molecule has 1 N–H and O–H groups in total. The van der Waals surface area contributed by atoms with Crippen LogP contribution in [-0.4, -0.2) is 25.7 Å². The second-order valence-electron chi connectivity index (χ2n) is 2.51. The third kappa shape index (κ3) is 4.34. The zero-order valence-corrected chi connectivity index (χ0v) is 8.22. The Morgan fingerprint density at radius 1 is 1.58 bits per heavy atom. The lowest BCUT2D eigenvalue weighted by Crippen LogP contribution is -2.23. The van der Waals surface area contributed by atoms with E-state index in [-0.39, 0.29) is 12.0 Å². The van der Waals surface area contributed by atoms with Gasteiger partial charge in [0.1, 0.15) is 0 Å². The molecule has 1 rings (SSSR count). The van der Waals surface area contributed by atoms with Crippen molar-refractivity contribution in [1.29, 1.82) is 0 Å². The first-order chi connectivity index (χ1) is 5.83. The molecule has 3 nitrogen and oxygen atoms in total. The maximum Gasteiger partial charge on any atom is 0.222 e. The molecule has 12 heavy (non-hydrogen) atoms. The van der Waals surface area contributed by atoms with Gasteiger partial charge in [0.05, 0.1) is 12.5 Å². The summed E-state index contributed by atoms with van der Waals surface area (Å²) in [6.07, 6.45) is 2.84. The summed E-state index contributed by atoms with van der Waals surface area (Å²) in [6, 6.07) is 0. The summed E-state index contributed by atoms with van der Waals surface area (Å²) in [5.41, 5.74) is 0. The molecular formula is C9H19NO2. The van der Waals surface area contributed by atoms with Gasteiger partial charge >= 0.3 is 0 Å². The second-order valence-corrected chi connectivity index (χ2v) is 2.51. The molecular weight excluding hydrogens is 154 g/mol. The molecule has 1 aliphatic rings. The van der Waals surface area contributed by atoms with Crippen LogP contribution in [0.5, 0.6) is 0 Å². The minimum absolute atomic E-state index is 0.0758. The smallest absolute Gasteiger partial charge is 0.222 e. The van der Waals surface area contributed by atoms with E-state index in [4.69, 9.17) is 4.74 Å². The fraction of sp³-hybridized carbons (Fsp3) is 0.889. The Hall–Kier alpha value is -0.570. The van der Waals surface area contributed by atoms with Crippen LogP contribution >= 0.6 is 0 Å². The summed E-state index contributed by atoms with van der Waals surface area (Å²) in [7, 11) is 1.65. The lowest BCUT2D eigenvalue weighted by Gasteiger charge is -2.06. The number of amides is 1. The van der Waals surface area contributed by atoms with E-state index in [9.17, 15) is 4.79 Å². The SMILES string of the molecule is CC.CNC(=O)CC1CCCO1. The van der Waals surface area contributed by atoms with Crippen LogP contribution in [0, 0.1) is 0 Å². The molecule has 1 heterocycles. The average molecular weight is 173 g/mol. The summed E-state index contributed by atoms with van der Waals surface area (Å²) in [5.74, 6) is 0.0758. The van der Waals surface area contributed by atoms with Crippen molar-refractivity contribution >= 4 is 5.91 Å². The van der Waals surface area contributed by atoms with E-state index >= 15 is 0 Å². The van der Waals surface area contributed by atoms with E-state index in [1.54, 1.807) is 7.05 Å². The highest BCUT2D eigenvalue weighted by Crippen LogP contribution is 2.14. The van der Waals surface area contributed by atoms with Gasteiger partial charge in [-0.1, -0.05) is 13.8 Å². The van der Waals surface area contributed by atoms with E-state index in [0.29, 0.717) is 6.42 Å². The van der Waals surface area contributed by atoms with Crippen LogP contribution in [0.2, 0.25) is 0 Å². The lowest BCUT2D eigenvalue weighted by molar-refractivity contribution is -0.122. The van der Waals surface area contributed by atoms with Gasteiger partial charge in [-0.25, -0.2) is 0 Å². The van der Waals surface area contributed by atoms with Gasteiger partial charge < -0.3 is 10.1 Å². The zero-order valence-electron chi connectivity index (χ0n) is 8.22. The van der Waals surface area contributed by atoms with Gasteiger partial charge in [-0.2, -0.15) is 0 Å². The van der Waals surface area contributed by atoms with Gasteiger partial charge in [0.15, 0.2) is 0 Å². The number of nitrogens with one attached hydrogen (secondary N) is 1. The predicted molar refractivity (Wildman–Crippen MR) is 49.0 cm³/mol. The summed E-state index contributed by atoms with van der Waals surface area (Å²) in [6.45, 7) is 4.82. The molecule has 0 saturated carbocycles. The fourth-order valence-electron chi connectivity index (χ4n) is 1.11. The van der Waals surface area contributed by atoms with Crippen LogP contribution in [0.3, 0.4) is 0 Å². The first-order valence-corrected chi connectivity index (χ1v) is 4.65. The first-order valence-electron chi connectivity index (χ1n) is 4.65. The summed E-state index contributed by atoms with van der Waals surface area (Å²) < 4.78 is 5.26. The van der Waals surface area contributed by atoms with Crippen molar-refractivity contribution in [2.75, 3.05) is 13.7 Å². The Kier molecular flexibility index (Phi) is 6.76. The quantitative estimate of drug-likeness (QED) is 0.684. The Bertz CT molecular complexity index is 120. The molecule has 1 amide bonds. The molecule has 0 aromatic carbocycles. The van der Waals surface area contributed by atoms with Crippen molar-refractivity contribution < 1.29 is 9.53 Å². The number of hydrogen-bond acceptors (Lipinski definition) is 2. The molecule has 0 aliphatic carbocycles. The molecule has 1 aliphatic heterocycles. The highest BCUT2D eigenvalue weighted by Gasteiger charge is 2.17. The normalized spacial score (nSPS) is 21.1. The molecule has 0 radical (unpaired) electrons. The number of carbonyl (C=O) groups is 1. The van der Waals surface area contributed by atoms with Crippen LogP contribution in [0.15, 0.2) is 0 Å². The monoisotopic (exact) mass is 173 g/mol. The van der Waals surface area contributed by atoms with Gasteiger partial charge in [0.2, 0.25) is 5.91 Å². The standard InChI is InChI=1S/C7H13NO2.C2H6/c1-8-7(9)5-6-3-2-4-10-6;1-2/h6H,2-5H2,1H3,(H,8,9);1-2H3. The summed E-state index contributed by atoms with van der Waals surface area (Å²) in [4.78, 5) is 10.8. The number of carbonyl (C=O) groups excluding carboxylic acids is 1. The van der Waals surface area contributed by atoms with Gasteiger partial charge in [0.25, 0.3) is 0 Å². The highest BCUT2D eigenvalue weighted by molar-refractivity contribution is 5.76. The van der Waals surface area contributed by atoms with Crippen LogP contribution < -0.4 is 5.32 Å². The minimum Gasteiger partial charge on any atom is -0.378 e. The fourth-order valence-corrected chi connectivity index (χ4v) is 1.11. The Labute approximate surface area is 74.5 Å². The van der Waals surface area contributed by atoms with Crippen molar-refractivity contribution in [3.63, 3.8) is 0 Å². The largest absolute Gasteiger partial charge is 0.378 e. The zero-order chi connectivity index (χ0) is 9.40. The highest BCUT2D eigenvalue weighted by atomic mass is 16.5. The number of ether oxygens (including phenoxy) is 1. The second kappa shape index (κ2) is 7.10. The molecule has 0 bridgehead atoms. The average Bonchev–Trinajstić information content (AvgIpc) is 2.60. The molecule has 0 aromatic heterocycles. The summed E-state index contributed by atoms with van der Waals surface area (Å²) >= 11 is 0. The van der Waals surface area contributed by atoms with Crippen molar-refractivity contribution in [3.8, 4) is 0 Å². The third-order valence-electron chi connectivity index (χ3n) is 1.72. The predicted octanol–water partition coefficient (Wildman–Crippen LogP) is 1.33. The van der Waals surface area contributed by atoms with Crippen molar-refractivity contribution in [1.82, 2.24) is 5.32 Å². The maximum absolute atomic E-state index is 10.8. The molecule has 0 aromatic rings. The number of hydrogen-bond donors (Lipinski definition) is 1. The van der Waals surface area contributed by atoms with Crippen molar-refractivity contribution in [2.45, 2.75) is 39.2 Å². The molecule has 1 fully saturated rings. The molecule has 1 unspecified atom stereocenters. The molecule has 0 spiro atoms. The molecule has 1 saturated heterocycles. The van der Waals surface area contributed by atoms with Gasteiger partial charge in [-0.15, -0.1) is 0 Å². The Balaban J connectivity index is 0.000000561. The molecule has 72 valence electrons. The van der Waals surface area contributed by atoms with Crippen LogP contribution in [0.25, 0.3) is 0 Å². The Morgan fingerprint density at radius 2 is 2.25 bits per heavy atom. The Morgan fingerprint density at radius 3 is 2.67 bits per heavy atom. The van der Waals surface area contributed by atoms with Crippen molar-refractivity contribution in [3.05, 3.63) is 0 Å². The molecule has 1 atom stereocenters. The van der Waals surface area contributed by atoms with Gasteiger partial charge in [0, 0.05) is 13.7 Å². The maximum atomic E-state index is 10.8. The van der Waals surface area contributed by atoms with E-state index in [1.807, 2.05) is 13.8 Å². The van der Waals surface area contributed by atoms with E-state index in [1.165, 1.54) is 0 Å². The van der Waals surface area contributed by atoms with E-state index < -0.39 is 0 Å². The van der Waals surface area contributed by atoms with E-state index in [0.717, 1.165) is 19.4 Å². The topological polar surface area (TPSA) is 38.3 Å². The molecule has 3 heteroatoms. The third-order valence-corrected chi connectivity index (χ3v) is 1.72. The summed E-state index contributed by atoms with van der Waals surface area (Å²) in [5, 5.41) is 2.57. The van der Waals surface area contributed by atoms with E-state index in [2.05, 4.69) is 5.32 Å². The van der Waals surface area contributed by atoms with Crippen molar-refractivity contribution in [2.24, 2.45) is 0 Å². The number of rotatable bonds is 2. The first kappa shape index (κ1) is 11.4. The van der Waals surface area contributed by atoms with Crippen LogP contribution in [-0.2, 0) is 9.53 Å².